The summed E-state index contributed by atoms with van der Waals surface area (Å²) >= 11 is 6.11. The largest absolute Gasteiger partial charge is 0.464 e. The van der Waals surface area contributed by atoms with Crippen molar-refractivity contribution < 1.29 is 14.3 Å². The number of nitrogens with one attached hydrogen (secondary N) is 1. The highest BCUT2D eigenvalue weighted by Gasteiger charge is 2.29. The number of esters is 1. The van der Waals surface area contributed by atoms with Crippen molar-refractivity contribution in [1.29, 1.82) is 0 Å². The normalized spacial score (nSPS) is 12.8. The van der Waals surface area contributed by atoms with Crippen molar-refractivity contribution in [2.75, 3.05) is 19.0 Å². The second-order valence-electron chi connectivity index (χ2n) is 5.10. The average molecular weight is 300 g/mol. The lowest BCUT2D eigenvalue weighted by atomic mass is 9.98. The Balaban J connectivity index is 2.88. The van der Waals surface area contributed by atoms with E-state index in [-0.39, 0.29) is 5.97 Å². The standard InChI is InChI=1S/C15H22ClNO3/c1-5-20-14(18)13(10-15(2,3)19-4)17-12-9-7-6-8-11(12)16/h6-9,13,17H,5,10H2,1-4H3. The van der Waals surface area contributed by atoms with Crippen LogP contribution in [0.25, 0.3) is 0 Å². The third kappa shape index (κ3) is 5.02. The fraction of sp³-hybridized carbons (Fsp3) is 0.533. The van der Waals surface area contributed by atoms with Gasteiger partial charge in [-0.25, -0.2) is 4.79 Å². The van der Waals surface area contributed by atoms with Gasteiger partial charge in [0.05, 0.1) is 22.9 Å². The number of hydrogen-bond acceptors (Lipinski definition) is 4. The molecule has 0 fully saturated rings. The van der Waals surface area contributed by atoms with Crippen LogP contribution >= 0.6 is 11.6 Å². The zero-order valence-electron chi connectivity index (χ0n) is 12.4. The van der Waals surface area contributed by atoms with E-state index in [0.717, 1.165) is 0 Å². The molecular formula is C15H22ClNO3. The summed E-state index contributed by atoms with van der Waals surface area (Å²) in [7, 11) is 1.62. The van der Waals surface area contributed by atoms with Crippen LogP contribution in [0.4, 0.5) is 5.69 Å². The summed E-state index contributed by atoms with van der Waals surface area (Å²) < 4.78 is 10.5. The molecule has 1 aromatic rings. The topological polar surface area (TPSA) is 47.6 Å². The summed E-state index contributed by atoms with van der Waals surface area (Å²) in [5.74, 6) is -0.308. The zero-order valence-corrected chi connectivity index (χ0v) is 13.2. The van der Waals surface area contributed by atoms with E-state index in [9.17, 15) is 4.79 Å². The number of ether oxygens (including phenoxy) is 2. The molecule has 1 unspecified atom stereocenters. The Labute approximate surface area is 125 Å². The average Bonchev–Trinajstić information content (AvgIpc) is 2.40. The summed E-state index contributed by atoms with van der Waals surface area (Å²) in [5, 5.41) is 3.70. The molecule has 0 spiro atoms. The summed E-state index contributed by atoms with van der Waals surface area (Å²) in [6.45, 7) is 5.97. The molecule has 1 N–H and O–H groups in total. The van der Waals surface area contributed by atoms with Crippen molar-refractivity contribution in [2.24, 2.45) is 0 Å². The second-order valence-corrected chi connectivity index (χ2v) is 5.50. The first-order valence-corrected chi connectivity index (χ1v) is 7.00. The van der Waals surface area contributed by atoms with Crippen molar-refractivity contribution in [3.63, 3.8) is 0 Å². The van der Waals surface area contributed by atoms with E-state index < -0.39 is 11.6 Å². The van der Waals surface area contributed by atoms with Crippen LogP contribution in [0.3, 0.4) is 0 Å². The maximum Gasteiger partial charge on any atom is 0.328 e. The Kier molecular flexibility index (Phi) is 6.30. The molecular weight excluding hydrogens is 278 g/mol. The lowest BCUT2D eigenvalue weighted by molar-refractivity contribution is -0.145. The molecule has 5 heteroatoms. The Bertz CT molecular complexity index is 448. The molecule has 0 saturated heterocycles. The fourth-order valence-corrected chi connectivity index (χ4v) is 1.97. The molecule has 0 bridgehead atoms. The highest BCUT2D eigenvalue weighted by Crippen LogP contribution is 2.25. The molecule has 20 heavy (non-hydrogen) atoms. The Hall–Kier alpha value is -1.26. The minimum absolute atomic E-state index is 0.308. The van der Waals surface area contributed by atoms with E-state index in [1.54, 1.807) is 20.1 Å². The molecule has 112 valence electrons. The number of anilines is 1. The number of rotatable bonds is 7. The van der Waals surface area contributed by atoms with Crippen molar-refractivity contribution >= 4 is 23.3 Å². The van der Waals surface area contributed by atoms with Crippen LogP contribution < -0.4 is 5.32 Å². The molecule has 4 nitrogen and oxygen atoms in total. The molecule has 0 aromatic heterocycles. The molecule has 0 aliphatic heterocycles. The molecule has 0 aliphatic carbocycles. The summed E-state index contributed by atoms with van der Waals surface area (Å²) in [6.07, 6.45) is 0.480. The third-order valence-electron chi connectivity index (χ3n) is 3.02. The van der Waals surface area contributed by atoms with Crippen molar-refractivity contribution in [3.05, 3.63) is 29.3 Å². The van der Waals surface area contributed by atoms with Crippen LogP contribution in [0.2, 0.25) is 5.02 Å². The van der Waals surface area contributed by atoms with Crippen LogP contribution in [-0.2, 0) is 14.3 Å². The Morgan fingerprint density at radius 2 is 2.05 bits per heavy atom. The van der Waals surface area contributed by atoms with Gasteiger partial charge in [0.1, 0.15) is 6.04 Å². The third-order valence-corrected chi connectivity index (χ3v) is 3.35. The van der Waals surface area contributed by atoms with Gasteiger partial charge in [0.15, 0.2) is 0 Å². The lowest BCUT2D eigenvalue weighted by Gasteiger charge is -2.28. The van der Waals surface area contributed by atoms with E-state index in [1.807, 2.05) is 32.0 Å². The van der Waals surface area contributed by atoms with Gasteiger partial charge in [0.2, 0.25) is 0 Å². The van der Waals surface area contributed by atoms with Gasteiger partial charge >= 0.3 is 5.97 Å². The molecule has 0 amide bonds. The quantitative estimate of drug-likeness (QED) is 0.783. The Morgan fingerprint density at radius 3 is 2.60 bits per heavy atom. The molecule has 1 aromatic carbocycles. The van der Waals surface area contributed by atoms with Crippen LogP contribution in [-0.4, -0.2) is 31.3 Å². The van der Waals surface area contributed by atoms with Crippen LogP contribution in [0.5, 0.6) is 0 Å². The maximum absolute atomic E-state index is 12.1. The van der Waals surface area contributed by atoms with Gasteiger partial charge in [-0.3, -0.25) is 0 Å². The summed E-state index contributed by atoms with van der Waals surface area (Å²) in [5.41, 5.74) is 0.269. The first-order chi connectivity index (χ1) is 9.39. The number of benzene rings is 1. The van der Waals surface area contributed by atoms with Gasteiger partial charge in [-0.1, -0.05) is 23.7 Å². The monoisotopic (exact) mass is 299 g/mol. The number of halogens is 1. The number of carbonyl (C=O) groups is 1. The number of hydrogen-bond donors (Lipinski definition) is 1. The van der Waals surface area contributed by atoms with E-state index >= 15 is 0 Å². The first-order valence-electron chi connectivity index (χ1n) is 6.62. The highest BCUT2D eigenvalue weighted by molar-refractivity contribution is 6.33. The lowest BCUT2D eigenvalue weighted by Crippen LogP contribution is -2.39. The van der Waals surface area contributed by atoms with Gasteiger partial charge in [0.25, 0.3) is 0 Å². The molecule has 0 radical (unpaired) electrons. The van der Waals surface area contributed by atoms with E-state index in [2.05, 4.69) is 5.32 Å². The van der Waals surface area contributed by atoms with E-state index in [4.69, 9.17) is 21.1 Å². The Morgan fingerprint density at radius 1 is 1.40 bits per heavy atom. The smallest absolute Gasteiger partial charge is 0.328 e. The first kappa shape index (κ1) is 16.8. The van der Waals surface area contributed by atoms with Crippen molar-refractivity contribution in [3.8, 4) is 0 Å². The van der Waals surface area contributed by atoms with Crippen LogP contribution in [0.15, 0.2) is 24.3 Å². The minimum Gasteiger partial charge on any atom is -0.464 e. The fourth-order valence-electron chi connectivity index (χ4n) is 1.78. The maximum atomic E-state index is 12.1. The number of methoxy groups -OCH3 is 1. The summed E-state index contributed by atoms with van der Waals surface area (Å²) in [6, 6.07) is 6.79. The zero-order chi connectivity index (χ0) is 15.2. The highest BCUT2D eigenvalue weighted by atomic mass is 35.5. The number of para-hydroxylation sites is 1. The molecule has 1 atom stereocenters. The van der Waals surface area contributed by atoms with E-state index in [1.165, 1.54) is 0 Å². The second kappa shape index (κ2) is 7.50. The van der Waals surface area contributed by atoms with Gasteiger partial charge in [0, 0.05) is 13.5 Å². The molecule has 0 heterocycles. The molecule has 0 saturated carbocycles. The predicted molar refractivity (Wildman–Crippen MR) is 81.2 cm³/mol. The van der Waals surface area contributed by atoms with Gasteiger partial charge in [-0.15, -0.1) is 0 Å². The minimum atomic E-state index is -0.509. The van der Waals surface area contributed by atoms with Gasteiger partial charge in [-0.2, -0.15) is 0 Å². The predicted octanol–water partition coefficient (Wildman–Crippen LogP) is 3.50. The van der Waals surface area contributed by atoms with Crippen molar-refractivity contribution in [2.45, 2.75) is 38.8 Å². The van der Waals surface area contributed by atoms with Gasteiger partial charge < -0.3 is 14.8 Å². The SMILES string of the molecule is CCOC(=O)C(CC(C)(C)OC)Nc1ccccc1Cl. The van der Waals surface area contributed by atoms with Crippen LogP contribution in [0, 0.1) is 0 Å². The molecule has 0 aliphatic rings. The van der Waals surface area contributed by atoms with Crippen LogP contribution in [0.1, 0.15) is 27.2 Å². The van der Waals surface area contributed by atoms with Gasteiger partial charge in [-0.05, 0) is 32.9 Å². The van der Waals surface area contributed by atoms with E-state index in [0.29, 0.717) is 23.7 Å². The number of carbonyl (C=O) groups excluding carboxylic acids is 1. The summed E-state index contributed by atoms with van der Waals surface area (Å²) in [4.78, 5) is 12.1. The molecule has 1 rings (SSSR count). The van der Waals surface area contributed by atoms with Crippen molar-refractivity contribution in [1.82, 2.24) is 0 Å².